The molecule has 104 valence electrons. The third kappa shape index (κ3) is 1.78. The molecule has 0 spiro atoms. The lowest BCUT2D eigenvalue weighted by Crippen LogP contribution is -2.60. The number of amides is 2. The molecule has 0 aromatic heterocycles. The Bertz CT molecular complexity index is 421. The molecule has 3 saturated heterocycles. The van der Waals surface area contributed by atoms with Crippen molar-refractivity contribution in [2.24, 2.45) is 0 Å². The Kier molecular flexibility index (Phi) is 2.59. The number of carbonyl (C=O) groups is 2. The van der Waals surface area contributed by atoms with Gasteiger partial charge < -0.3 is 10.2 Å². The van der Waals surface area contributed by atoms with Gasteiger partial charge in [0.05, 0.1) is 12.1 Å². The molecule has 3 unspecified atom stereocenters. The van der Waals surface area contributed by atoms with E-state index in [1.165, 1.54) is 12.8 Å². The Labute approximate surface area is 113 Å². The lowest BCUT2D eigenvalue weighted by atomic mass is 10.1. The molecule has 0 radical (unpaired) electrons. The summed E-state index contributed by atoms with van der Waals surface area (Å²) in [4.78, 5) is 29.1. The molecule has 4 rings (SSSR count). The van der Waals surface area contributed by atoms with E-state index < -0.39 is 0 Å². The molecule has 5 heteroatoms. The van der Waals surface area contributed by atoms with Crippen LogP contribution in [0.4, 0.5) is 0 Å². The summed E-state index contributed by atoms with van der Waals surface area (Å²) in [5.41, 5.74) is 0. The van der Waals surface area contributed by atoms with Gasteiger partial charge in [-0.3, -0.25) is 14.5 Å². The van der Waals surface area contributed by atoms with Crippen molar-refractivity contribution in [1.29, 1.82) is 0 Å². The molecule has 4 fully saturated rings. The van der Waals surface area contributed by atoms with Gasteiger partial charge in [0, 0.05) is 12.6 Å². The van der Waals surface area contributed by atoms with Crippen LogP contribution in [-0.2, 0) is 9.59 Å². The van der Waals surface area contributed by atoms with Crippen molar-refractivity contribution in [2.75, 3.05) is 13.1 Å². The van der Waals surface area contributed by atoms with Crippen molar-refractivity contribution in [2.45, 2.75) is 62.7 Å². The van der Waals surface area contributed by atoms with Crippen LogP contribution in [0.25, 0.3) is 0 Å². The standard InChI is InChI=1S/C14H21N3O2/c18-13-11-6-5-10(8-15-13)17(11)14(19)12-2-1-7-16(12)9-3-4-9/h9-12H,1-8H2,(H,15,18). The summed E-state index contributed by atoms with van der Waals surface area (Å²) in [6, 6.07) is 0.763. The number of hydrogen-bond acceptors (Lipinski definition) is 3. The van der Waals surface area contributed by atoms with Gasteiger partial charge in [-0.2, -0.15) is 0 Å². The average molecular weight is 263 g/mol. The van der Waals surface area contributed by atoms with Crippen molar-refractivity contribution in [1.82, 2.24) is 15.1 Å². The third-order valence-electron chi connectivity index (χ3n) is 5.17. The minimum Gasteiger partial charge on any atom is -0.352 e. The average Bonchev–Trinajstić information content (AvgIpc) is 3.04. The lowest BCUT2D eigenvalue weighted by Gasteiger charge is -2.37. The molecule has 3 atom stereocenters. The van der Waals surface area contributed by atoms with Gasteiger partial charge in [-0.15, -0.1) is 0 Å². The molecule has 1 N–H and O–H groups in total. The molecule has 19 heavy (non-hydrogen) atoms. The second kappa shape index (κ2) is 4.20. The number of nitrogens with one attached hydrogen (secondary N) is 1. The third-order valence-corrected chi connectivity index (χ3v) is 5.17. The van der Waals surface area contributed by atoms with Crippen LogP contribution in [0.3, 0.4) is 0 Å². The van der Waals surface area contributed by atoms with Crippen LogP contribution in [0.5, 0.6) is 0 Å². The summed E-state index contributed by atoms with van der Waals surface area (Å²) in [6.07, 6.45) is 6.42. The first-order valence-electron chi connectivity index (χ1n) is 7.61. The highest BCUT2D eigenvalue weighted by atomic mass is 16.2. The van der Waals surface area contributed by atoms with E-state index in [2.05, 4.69) is 10.2 Å². The highest BCUT2D eigenvalue weighted by Gasteiger charge is 2.49. The zero-order chi connectivity index (χ0) is 13.0. The van der Waals surface area contributed by atoms with E-state index in [0.717, 1.165) is 32.2 Å². The summed E-state index contributed by atoms with van der Waals surface area (Å²) in [5.74, 6) is 0.282. The number of rotatable bonds is 2. The van der Waals surface area contributed by atoms with E-state index in [1.54, 1.807) is 0 Å². The van der Waals surface area contributed by atoms with E-state index in [9.17, 15) is 9.59 Å². The van der Waals surface area contributed by atoms with Gasteiger partial charge in [0.2, 0.25) is 11.8 Å². The molecular formula is C14H21N3O2. The Hall–Kier alpha value is -1.10. The Balaban J connectivity index is 1.55. The zero-order valence-electron chi connectivity index (χ0n) is 11.2. The monoisotopic (exact) mass is 263 g/mol. The SMILES string of the molecule is O=C1NCC2CCC1N2C(=O)C1CCCN1C1CC1. The van der Waals surface area contributed by atoms with E-state index in [0.29, 0.717) is 12.6 Å². The smallest absolute Gasteiger partial charge is 0.242 e. The number of piperazine rings is 1. The quantitative estimate of drug-likeness (QED) is 0.769. The molecule has 1 aliphatic carbocycles. The Morgan fingerprint density at radius 3 is 2.68 bits per heavy atom. The molecule has 2 amide bonds. The van der Waals surface area contributed by atoms with Crippen molar-refractivity contribution in [3.05, 3.63) is 0 Å². The maximum absolute atomic E-state index is 12.9. The van der Waals surface area contributed by atoms with E-state index >= 15 is 0 Å². The molecule has 0 aromatic carbocycles. The first-order valence-corrected chi connectivity index (χ1v) is 7.61. The number of likely N-dealkylation sites (tertiary alicyclic amines) is 1. The van der Waals surface area contributed by atoms with Crippen LogP contribution in [0, 0.1) is 0 Å². The van der Waals surface area contributed by atoms with Crippen molar-refractivity contribution in [3.63, 3.8) is 0 Å². The highest BCUT2D eigenvalue weighted by molar-refractivity contribution is 5.92. The van der Waals surface area contributed by atoms with Gasteiger partial charge in [-0.25, -0.2) is 0 Å². The predicted molar refractivity (Wildman–Crippen MR) is 69.4 cm³/mol. The van der Waals surface area contributed by atoms with Gasteiger partial charge in [0.15, 0.2) is 0 Å². The van der Waals surface area contributed by atoms with Gasteiger partial charge in [0.1, 0.15) is 6.04 Å². The number of fused-ring (bicyclic) bond motifs is 2. The van der Waals surface area contributed by atoms with Gasteiger partial charge in [-0.05, 0) is 45.1 Å². The predicted octanol–water partition coefficient (Wildman–Crippen LogP) is 0.103. The fourth-order valence-electron chi connectivity index (χ4n) is 4.08. The van der Waals surface area contributed by atoms with Gasteiger partial charge in [-0.1, -0.05) is 0 Å². The van der Waals surface area contributed by atoms with Crippen LogP contribution in [-0.4, -0.2) is 58.9 Å². The highest BCUT2D eigenvalue weighted by Crippen LogP contribution is 2.36. The molecule has 4 aliphatic rings. The minimum atomic E-state index is -0.187. The topological polar surface area (TPSA) is 52.7 Å². The minimum absolute atomic E-state index is 0.0538. The van der Waals surface area contributed by atoms with Gasteiger partial charge >= 0.3 is 0 Å². The molecule has 0 aromatic rings. The Morgan fingerprint density at radius 1 is 1.11 bits per heavy atom. The number of nitrogens with zero attached hydrogens (tertiary/aromatic N) is 2. The maximum atomic E-state index is 12.9. The lowest BCUT2D eigenvalue weighted by molar-refractivity contribution is -0.146. The molecule has 2 bridgehead atoms. The van der Waals surface area contributed by atoms with Crippen LogP contribution >= 0.6 is 0 Å². The second-order valence-electron chi connectivity index (χ2n) is 6.36. The number of carbonyl (C=O) groups excluding carboxylic acids is 2. The molecule has 5 nitrogen and oxygen atoms in total. The fraction of sp³-hybridized carbons (Fsp3) is 0.857. The zero-order valence-corrected chi connectivity index (χ0v) is 11.2. The molecule has 3 aliphatic heterocycles. The van der Waals surface area contributed by atoms with E-state index in [-0.39, 0.29) is 29.9 Å². The molecule has 1 saturated carbocycles. The van der Waals surface area contributed by atoms with Crippen molar-refractivity contribution in [3.8, 4) is 0 Å². The molecular weight excluding hydrogens is 242 g/mol. The van der Waals surface area contributed by atoms with E-state index in [1.807, 2.05) is 4.90 Å². The molecule has 3 heterocycles. The van der Waals surface area contributed by atoms with Crippen molar-refractivity contribution >= 4 is 11.8 Å². The fourth-order valence-corrected chi connectivity index (χ4v) is 4.08. The first-order chi connectivity index (χ1) is 9.25. The number of hydrogen-bond donors (Lipinski definition) is 1. The first kappa shape index (κ1) is 11.7. The summed E-state index contributed by atoms with van der Waals surface area (Å²) >= 11 is 0. The van der Waals surface area contributed by atoms with Crippen LogP contribution < -0.4 is 5.32 Å². The van der Waals surface area contributed by atoms with E-state index in [4.69, 9.17) is 0 Å². The summed E-state index contributed by atoms with van der Waals surface area (Å²) in [5, 5.41) is 2.92. The normalized spacial score (nSPS) is 38.6. The second-order valence-corrected chi connectivity index (χ2v) is 6.36. The summed E-state index contributed by atoms with van der Waals surface area (Å²) in [6.45, 7) is 1.72. The van der Waals surface area contributed by atoms with Gasteiger partial charge in [0.25, 0.3) is 0 Å². The van der Waals surface area contributed by atoms with Crippen LogP contribution in [0.1, 0.15) is 38.5 Å². The van der Waals surface area contributed by atoms with Crippen LogP contribution in [0.15, 0.2) is 0 Å². The largest absolute Gasteiger partial charge is 0.352 e. The Morgan fingerprint density at radius 2 is 1.89 bits per heavy atom. The van der Waals surface area contributed by atoms with Crippen molar-refractivity contribution < 1.29 is 9.59 Å². The summed E-state index contributed by atoms with van der Waals surface area (Å²) in [7, 11) is 0. The van der Waals surface area contributed by atoms with Crippen LogP contribution in [0.2, 0.25) is 0 Å². The maximum Gasteiger partial charge on any atom is 0.242 e. The summed E-state index contributed by atoms with van der Waals surface area (Å²) < 4.78 is 0.